The maximum atomic E-state index is 13.4. The number of aryl methyl sites for hydroxylation is 1. The summed E-state index contributed by atoms with van der Waals surface area (Å²) in [6, 6.07) is 4.76. The van der Waals surface area contributed by atoms with Crippen molar-refractivity contribution in [3.05, 3.63) is 59.4 Å². The molecule has 1 aliphatic heterocycles. The molecule has 114 valence electrons. The number of amides is 1. The Bertz CT molecular complexity index is 675. The second-order valence-corrected chi connectivity index (χ2v) is 5.55. The van der Waals surface area contributed by atoms with E-state index in [2.05, 4.69) is 9.97 Å². The molecule has 1 amide bonds. The molecule has 4 nitrogen and oxygen atoms in total. The summed E-state index contributed by atoms with van der Waals surface area (Å²) in [6.07, 6.45) is 6.67. The van der Waals surface area contributed by atoms with Crippen LogP contribution in [0.1, 0.15) is 36.2 Å². The zero-order valence-electron chi connectivity index (χ0n) is 12.5. The van der Waals surface area contributed by atoms with E-state index in [0.717, 1.165) is 23.2 Å². The molecule has 0 radical (unpaired) electrons. The van der Waals surface area contributed by atoms with Gasteiger partial charge in [0, 0.05) is 31.6 Å². The van der Waals surface area contributed by atoms with E-state index >= 15 is 0 Å². The SMILES string of the molecule is CC1c2cc(F)ccc2CCN1C(=O)CCc1cnccn1. The highest BCUT2D eigenvalue weighted by molar-refractivity contribution is 5.77. The van der Waals surface area contributed by atoms with E-state index in [4.69, 9.17) is 0 Å². The molecule has 0 bridgehead atoms. The Kier molecular flexibility index (Phi) is 4.13. The standard InChI is InChI=1S/C17H18FN3O/c1-12-16-10-14(18)3-2-13(16)6-9-21(12)17(22)5-4-15-11-19-7-8-20-15/h2-3,7-8,10-12H,4-6,9H2,1H3. The van der Waals surface area contributed by atoms with Gasteiger partial charge in [-0.05, 0) is 43.0 Å². The summed E-state index contributed by atoms with van der Waals surface area (Å²) in [5.41, 5.74) is 2.86. The molecule has 1 atom stereocenters. The van der Waals surface area contributed by atoms with Crippen molar-refractivity contribution >= 4 is 5.91 Å². The lowest BCUT2D eigenvalue weighted by molar-refractivity contribution is -0.133. The molecule has 1 aliphatic rings. The minimum absolute atomic E-state index is 0.0769. The van der Waals surface area contributed by atoms with Crippen molar-refractivity contribution in [1.29, 1.82) is 0 Å². The first-order valence-electron chi connectivity index (χ1n) is 7.48. The second kappa shape index (κ2) is 6.22. The highest BCUT2D eigenvalue weighted by Gasteiger charge is 2.27. The van der Waals surface area contributed by atoms with Crippen LogP contribution in [0.2, 0.25) is 0 Å². The summed E-state index contributed by atoms with van der Waals surface area (Å²) >= 11 is 0. The van der Waals surface area contributed by atoms with Crippen molar-refractivity contribution in [2.24, 2.45) is 0 Å². The predicted octanol–water partition coefficient (Wildman–Crippen LogP) is 2.69. The van der Waals surface area contributed by atoms with Crippen LogP contribution >= 0.6 is 0 Å². The maximum absolute atomic E-state index is 13.4. The van der Waals surface area contributed by atoms with Crippen molar-refractivity contribution in [1.82, 2.24) is 14.9 Å². The number of aromatic nitrogens is 2. The van der Waals surface area contributed by atoms with Crippen molar-refractivity contribution in [2.45, 2.75) is 32.2 Å². The van der Waals surface area contributed by atoms with Gasteiger partial charge in [-0.3, -0.25) is 14.8 Å². The molecule has 2 heterocycles. The number of benzene rings is 1. The van der Waals surface area contributed by atoms with Gasteiger partial charge in [0.05, 0.1) is 11.7 Å². The Labute approximate surface area is 129 Å². The molecule has 0 saturated carbocycles. The lowest BCUT2D eigenvalue weighted by Crippen LogP contribution is -2.39. The molecule has 0 N–H and O–H groups in total. The van der Waals surface area contributed by atoms with E-state index in [1.165, 1.54) is 6.07 Å². The van der Waals surface area contributed by atoms with Gasteiger partial charge in [-0.25, -0.2) is 4.39 Å². The molecular formula is C17H18FN3O. The highest BCUT2D eigenvalue weighted by atomic mass is 19.1. The average molecular weight is 299 g/mol. The van der Waals surface area contributed by atoms with E-state index in [1.807, 2.05) is 17.9 Å². The van der Waals surface area contributed by atoms with Crippen molar-refractivity contribution < 1.29 is 9.18 Å². The number of fused-ring (bicyclic) bond motifs is 1. The van der Waals surface area contributed by atoms with Crippen LogP contribution < -0.4 is 0 Å². The van der Waals surface area contributed by atoms with Crippen molar-refractivity contribution in [3.63, 3.8) is 0 Å². The molecule has 0 aliphatic carbocycles. The van der Waals surface area contributed by atoms with Crippen LogP contribution in [0, 0.1) is 5.82 Å². The topological polar surface area (TPSA) is 46.1 Å². The molecule has 22 heavy (non-hydrogen) atoms. The number of nitrogens with zero attached hydrogens (tertiary/aromatic N) is 3. The zero-order chi connectivity index (χ0) is 15.5. The van der Waals surface area contributed by atoms with E-state index in [0.29, 0.717) is 19.4 Å². The highest BCUT2D eigenvalue weighted by Crippen LogP contribution is 2.30. The molecule has 1 unspecified atom stereocenters. The lowest BCUT2D eigenvalue weighted by atomic mass is 9.93. The van der Waals surface area contributed by atoms with Gasteiger partial charge >= 0.3 is 0 Å². The number of carbonyl (C=O) groups is 1. The van der Waals surface area contributed by atoms with Crippen LogP contribution in [0.5, 0.6) is 0 Å². The first-order valence-corrected chi connectivity index (χ1v) is 7.48. The number of halogens is 1. The van der Waals surface area contributed by atoms with Gasteiger partial charge < -0.3 is 4.90 Å². The van der Waals surface area contributed by atoms with Gasteiger partial charge in [0.2, 0.25) is 5.91 Å². The van der Waals surface area contributed by atoms with Gasteiger partial charge in [-0.2, -0.15) is 0 Å². The third kappa shape index (κ3) is 2.98. The van der Waals surface area contributed by atoms with Gasteiger partial charge in [-0.15, -0.1) is 0 Å². The predicted molar refractivity (Wildman–Crippen MR) is 80.6 cm³/mol. The Morgan fingerprint density at radius 1 is 1.41 bits per heavy atom. The fourth-order valence-corrected chi connectivity index (χ4v) is 2.96. The summed E-state index contributed by atoms with van der Waals surface area (Å²) < 4.78 is 13.4. The van der Waals surface area contributed by atoms with Gasteiger partial charge in [0.25, 0.3) is 0 Å². The zero-order valence-corrected chi connectivity index (χ0v) is 12.5. The molecule has 5 heteroatoms. The smallest absolute Gasteiger partial charge is 0.223 e. The number of hydrogen-bond donors (Lipinski definition) is 0. The third-order valence-corrected chi connectivity index (χ3v) is 4.18. The normalized spacial score (nSPS) is 17.2. The second-order valence-electron chi connectivity index (χ2n) is 5.55. The average Bonchev–Trinajstić information content (AvgIpc) is 2.54. The number of carbonyl (C=O) groups excluding carboxylic acids is 1. The van der Waals surface area contributed by atoms with Crippen molar-refractivity contribution in [2.75, 3.05) is 6.54 Å². The lowest BCUT2D eigenvalue weighted by Gasteiger charge is -2.35. The quantitative estimate of drug-likeness (QED) is 0.875. The van der Waals surface area contributed by atoms with E-state index in [-0.39, 0.29) is 17.8 Å². The maximum Gasteiger partial charge on any atom is 0.223 e. The molecule has 3 rings (SSSR count). The molecule has 2 aromatic rings. The number of hydrogen-bond acceptors (Lipinski definition) is 3. The minimum Gasteiger partial charge on any atom is -0.336 e. The third-order valence-electron chi connectivity index (χ3n) is 4.18. The molecule has 0 spiro atoms. The summed E-state index contributed by atoms with van der Waals surface area (Å²) in [5.74, 6) is -0.174. The summed E-state index contributed by atoms with van der Waals surface area (Å²) in [4.78, 5) is 22.5. The van der Waals surface area contributed by atoms with Crippen molar-refractivity contribution in [3.8, 4) is 0 Å². The van der Waals surface area contributed by atoms with E-state index in [1.54, 1.807) is 24.7 Å². The minimum atomic E-state index is -0.251. The molecule has 0 saturated heterocycles. The first-order chi connectivity index (χ1) is 10.6. The summed E-state index contributed by atoms with van der Waals surface area (Å²) in [6.45, 7) is 2.64. The Balaban J connectivity index is 1.69. The Morgan fingerprint density at radius 2 is 2.27 bits per heavy atom. The Hall–Kier alpha value is -2.30. The summed E-state index contributed by atoms with van der Waals surface area (Å²) in [5, 5.41) is 0. The first kappa shape index (κ1) is 14.6. The Morgan fingerprint density at radius 3 is 3.05 bits per heavy atom. The molecule has 0 fully saturated rings. The van der Waals surface area contributed by atoms with Gasteiger partial charge in [0.1, 0.15) is 5.82 Å². The fourth-order valence-electron chi connectivity index (χ4n) is 2.96. The monoisotopic (exact) mass is 299 g/mol. The van der Waals surface area contributed by atoms with E-state index < -0.39 is 0 Å². The summed E-state index contributed by atoms with van der Waals surface area (Å²) in [7, 11) is 0. The van der Waals surface area contributed by atoms with Gasteiger partial charge in [0.15, 0.2) is 0 Å². The molecule has 1 aromatic heterocycles. The molecule has 1 aromatic carbocycles. The van der Waals surface area contributed by atoms with Crippen LogP contribution in [0.25, 0.3) is 0 Å². The van der Waals surface area contributed by atoms with Crippen LogP contribution in [0.3, 0.4) is 0 Å². The van der Waals surface area contributed by atoms with Gasteiger partial charge in [-0.1, -0.05) is 6.07 Å². The van der Waals surface area contributed by atoms with E-state index in [9.17, 15) is 9.18 Å². The van der Waals surface area contributed by atoms with Crippen LogP contribution in [-0.2, 0) is 17.6 Å². The van der Waals surface area contributed by atoms with Crippen LogP contribution in [0.4, 0.5) is 4.39 Å². The van der Waals surface area contributed by atoms with Crippen LogP contribution in [-0.4, -0.2) is 27.3 Å². The number of rotatable bonds is 3. The largest absolute Gasteiger partial charge is 0.336 e. The molecular weight excluding hydrogens is 281 g/mol. The van der Waals surface area contributed by atoms with Crippen LogP contribution in [0.15, 0.2) is 36.8 Å². The fraction of sp³-hybridized carbons (Fsp3) is 0.353.